The first-order valence-corrected chi connectivity index (χ1v) is 5.74. The van der Waals surface area contributed by atoms with E-state index in [1.807, 2.05) is 6.07 Å². The van der Waals surface area contributed by atoms with Crippen LogP contribution in [0.1, 0.15) is 24.0 Å². The summed E-state index contributed by atoms with van der Waals surface area (Å²) in [6, 6.07) is 5.71. The van der Waals surface area contributed by atoms with Crippen LogP contribution in [0.5, 0.6) is 5.75 Å². The van der Waals surface area contributed by atoms with E-state index >= 15 is 0 Å². The van der Waals surface area contributed by atoms with E-state index in [4.69, 9.17) is 0 Å². The molecule has 0 spiro atoms. The average molecular weight is 225 g/mol. The van der Waals surface area contributed by atoms with Gasteiger partial charge in [0.25, 0.3) is 0 Å². The van der Waals surface area contributed by atoms with Crippen molar-refractivity contribution in [1.82, 2.24) is 4.90 Å². The smallest absolute Gasteiger partial charge is 0.116 e. The summed E-state index contributed by atoms with van der Waals surface area (Å²) in [4.78, 5) is 2.15. The molecule has 1 rings (SSSR count). The Labute approximate surface area is 97.3 Å². The molecule has 1 aromatic rings. The largest absolute Gasteiger partial charge is 0.508 e. The molecule has 0 saturated carbocycles. The molecule has 1 atom stereocenters. The van der Waals surface area contributed by atoms with Gasteiger partial charge in [0.2, 0.25) is 0 Å². The van der Waals surface area contributed by atoms with E-state index in [1.54, 1.807) is 6.07 Å². The monoisotopic (exact) mass is 225 g/mol. The van der Waals surface area contributed by atoms with Crippen molar-refractivity contribution in [1.29, 1.82) is 0 Å². The summed E-state index contributed by atoms with van der Waals surface area (Å²) in [6.07, 6.45) is 0. The first-order chi connectivity index (χ1) is 7.02. The molecule has 0 bridgehead atoms. The maximum Gasteiger partial charge on any atom is 0.116 e. The van der Waals surface area contributed by atoms with E-state index in [9.17, 15) is 5.11 Å². The highest BCUT2D eigenvalue weighted by Crippen LogP contribution is 2.23. The molecule has 0 radical (unpaired) electrons. The summed E-state index contributed by atoms with van der Waals surface area (Å²) < 4.78 is 0. The number of nitrogens with zero attached hydrogens (tertiary/aromatic N) is 1. The van der Waals surface area contributed by atoms with Crippen LogP contribution in [-0.2, 0) is 5.75 Å². The van der Waals surface area contributed by atoms with Gasteiger partial charge in [-0.05, 0) is 43.3 Å². The molecule has 15 heavy (non-hydrogen) atoms. The molecule has 0 amide bonds. The third-order valence-electron chi connectivity index (χ3n) is 2.39. The maximum absolute atomic E-state index is 9.56. The number of phenolic OH excluding ortho intramolecular Hbond substituents is 1. The Morgan fingerprint density at radius 2 is 2.00 bits per heavy atom. The molecule has 0 aromatic heterocycles. The minimum Gasteiger partial charge on any atom is -0.508 e. The first-order valence-electron chi connectivity index (χ1n) is 5.11. The Hall–Kier alpha value is -0.670. The lowest BCUT2D eigenvalue weighted by Crippen LogP contribution is -2.18. The molecule has 0 aliphatic heterocycles. The van der Waals surface area contributed by atoms with Gasteiger partial charge >= 0.3 is 0 Å². The van der Waals surface area contributed by atoms with Crippen molar-refractivity contribution in [3.05, 3.63) is 29.3 Å². The lowest BCUT2D eigenvalue weighted by atomic mass is 9.98. The lowest BCUT2D eigenvalue weighted by Gasteiger charge is -2.18. The third-order valence-corrected chi connectivity index (χ3v) is 2.76. The number of thiol groups is 1. The number of likely N-dealkylation sites (N-methyl/N-ethyl adjacent to an activating group) is 1. The summed E-state index contributed by atoms with van der Waals surface area (Å²) >= 11 is 4.22. The van der Waals surface area contributed by atoms with Crippen LogP contribution in [0.25, 0.3) is 0 Å². The lowest BCUT2D eigenvalue weighted by molar-refractivity contribution is 0.382. The predicted octanol–water partition coefficient (Wildman–Crippen LogP) is 2.49. The SMILES string of the molecule is CC(CN(C)C)c1cc(O)cc(CS)c1. The first kappa shape index (κ1) is 12.4. The van der Waals surface area contributed by atoms with Gasteiger partial charge in [0.15, 0.2) is 0 Å². The van der Waals surface area contributed by atoms with Crippen LogP contribution in [0.15, 0.2) is 18.2 Å². The third kappa shape index (κ3) is 3.76. The zero-order valence-electron chi connectivity index (χ0n) is 9.57. The molecule has 0 heterocycles. The van der Waals surface area contributed by atoms with Gasteiger partial charge in [-0.25, -0.2) is 0 Å². The van der Waals surface area contributed by atoms with Gasteiger partial charge in [0.1, 0.15) is 5.75 Å². The maximum atomic E-state index is 9.56. The zero-order chi connectivity index (χ0) is 11.4. The van der Waals surface area contributed by atoms with Crippen LogP contribution in [-0.4, -0.2) is 30.6 Å². The summed E-state index contributed by atoms with van der Waals surface area (Å²) in [5.74, 6) is 1.42. The minimum absolute atomic E-state index is 0.335. The van der Waals surface area contributed by atoms with Crippen molar-refractivity contribution in [3.8, 4) is 5.75 Å². The topological polar surface area (TPSA) is 23.5 Å². The van der Waals surface area contributed by atoms with Crippen LogP contribution < -0.4 is 0 Å². The summed E-state index contributed by atoms with van der Waals surface area (Å²) in [7, 11) is 4.11. The number of benzene rings is 1. The Balaban J connectivity index is 2.88. The van der Waals surface area contributed by atoms with Gasteiger partial charge in [-0.15, -0.1) is 0 Å². The molecule has 1 unspecified atom stereocenters. The molecule has 1 aromatic carbocycles. The number of hydrogen-bond donors (Lipinski definition) is 2. The van der Waals surface area contributed by atoms with Crippen LogP contribution in [0.3, 0.4) is 0 Å². The van der Waals surface area contributed by atoms with Gasteiger partial charge in [-0.1, -0.05) is 13.0 Å². The Morgan fingerprint density at radius 1 is 1.33 bits per heavy atom. The average Bonchev–Trinajstić information content (AvgIpc) is 2.15. The highest BCUT2D eigenvalue weighted by molar-refractivity contribution is 7.79. The number of hydrogen-bond acceptors (Lipinski definition) is 3. The predicted molar refractivity (Wildman–Crippen MR) is 67.8 cm³/mol. The fourth-order valence-electron chi connectivity index (χ4n) is 1.73. The van der Waals surface area contributed by atoms with Gasteiger partial charge in [0.05, 0.1) is 0 Å². The molecular weight excluding hydrogens is 206 g/mol. The van der Waals surface area contributed by atoms with E-state index in [0.29, 0.717) is 17.4 Å². The minimum atomic E-state index is 0.335. The molecule has 2 nitrogen and oxygen atoms in total. The summed E-state index contributed by atoms with van der Waals surface area (Å²) in [6.45, 7) is 3.15. The van der Waals surface area contributed by atoms with Crippen molar-refractivity contribution in [2.75, 3.05) is 20.6 Å². The Kier molecular flexibility index (Phi) is 4.48. The van der Waals surface area contributed by atoms with Crippen molar-refractivity contribution in [3.63, 3.8) is 0 Å². The number of aromatic hydroxyl groups is 1. The van der Waals surface area contributed by atoms with E-state index in [0.717, 1.165) is 12.1 Å². The van der Waals surface area contributed by atoms with Gasteiger partial charge in [0, 0.05) is 12.3 Å². The van der Waals surface area contributed by atoms with Crippen LogP contribution in [0, 0.1) is 0 Å². The Morgan fingerprint density at radius 3 is 2.53 bits per heavy atom. The van der Waals surface area contributed by atoms with Gasteiger partial charge in [-0.2, -0.15) is 12.6 Å². The molecule has 1 N–H and O–H groups in total. The van der Waals surface area contributed by atoms with Gasteiger partial charge in [-0.3, -0.25) is 0 Å². The zero-order valence-corrected chi connectivity index (χ0v) is 10.5. The Bertz CT molecular complexity index is 325. The van der Waals surface area contributed by atoms with E-state index in [2.05, 4.69) is 44.6 Å². The molecule has 0 aliphatic rings. The normalized spacial score (nSPS) is 13.1. The van der Waals surface area contributed by atoms with Crippen molar-refractivity contribution in [2.24, 2.45) is 0 Å². The molecule has 84 valence electrons. The van der Waals surface area contributed by atoms with Crippen LogP contribution in [0.2, 0.25) is 0 Å². The number of rotatable bonds is 4. The van der Waals surface area contributed by atoms with Gasteiger partial charge < -0.3 is 10.0 Å². The standard InChI is InChI=1S/C12H19NOS/c1-9(7-13(2)3)11-4-10(8-15)5-12(14)6-11/h4-6,9,14-15H,7-8H2,1-3H3. The summed E-state index contributed by atoms with van der Waals surface area (Å²) in [5, 5.41) is 9.56. The van der Waals surface area contributed by atoms with Crippen molar-refractivity contribution in [2.45, 2.75) is 18.6 Å². The quantitative estimate of drug-likeness (QED) is 0.769. The second kappa shape index (κ2) is 5.42. The van der Waals surface area contributed by atoms with E-state index in [-0.39, 0.29) is 0 Å². The number of phenols is 1. The van der Waals surface area contributed by atoms with Crippen molar-refractivity contribution < 1.29 is 5.11 Å². The molecule has 3 heteroatoms. The molecule has 0 saturated heterocycles. The van der Waals surface area contributed by atoms with Crippen LogP contribution in [0.4, 0.5) is 0 Å². The molecular formula is C12H19NOS. The van der Waals surface area contributed by atoms with E-state index < -0.39 is 0 Å². The highest BCUT2D eigenvalue weighted by Gasteiger charge is 2.08. The molecule has 0 aliphatic carbocycles. The van der Waals surface area contributed by atoms with Crippen molar-refractivity contribution >= 4 is 12.6 Å². The second-order valence-corrected chi connectivity index (χ2v) is 4.57. The van der Waals surface area contributed by atoms with Crippen LogP contribution >= 0.6 is 12.6 Å². The fraction of sp³-hybridized carbons (Fsp3) is 0.500. The molecule has 0 fully saturated rings. The second-order valence-electron chi connectivity index (χ2n) is 4.25. The fourth-order valence-corrected chi connectivity index (χ4v) is 1.91. The van der Waals surface area contributed by atoms with E-state index in [1.165, 1.54) is 5.56 Å². The highest BCUT2D eigenvalue weighted by atomic mass is 32.1. The summed E-state index contributed by atoms with van der Waals surface area (Å²) in [5.41, 5.74) is 2.24.